The minimum atomic E-state index is -1.30. The number of rotatable bonds is 12. The lowest BCUT2D eigenvalue weighted by Gasteiger charge is -2.46. The van der Waals surface area contributed by atoms with Crippen molar-refractivity contribution in [2.75, 3.05) is 24.5 Å². The third kappa shape index (κ3) is 8.80. The minimum Gasteiger partial charge on any atom is -0.490 e. The molecule has 2 aromatic carbocycles. The van der Waals surface area contributed by atoms with E-state index in [4.69, 9.17) is 26.3 Å². The number of nitrogens with one attached hydrogen (secondary N) is 2. The molecule has 15 nitrogen and oxygen atoms in total. The fourth-order valence-electron chi connectivity index (χ4n) is 9.18. The Morgan fingerprint density at radius 3 is 2.37 bits per heavy atom. The van der Waals surface area contributed by atoms with Gasteiger partial charge >= 0.3 is 0 Å². The Kier molecular flexibility index (Phi) is 12.4. The molecule has 0 bridgehead atoms. The molecule has 1 atom stereocenters. The number of anilines is 1. The van der Waals surface area contributed by atoms with Crippen LogP contribution >= 0.6 is 11.6 Å². The van der Waals surface area contributed by atoms with E-state index < -0.39 is 64.3 Å². The van der Waals surface area contributed by atoms with E-state index in [0.717, 1.165) is 64.2 Å². The summed E-state index contributed by atoms with van der Waals surface area (Å²) in [4.78, 5) is 77.5. The monoisotopic (exact) mass is 872 g/mol. The maximum absolute atomic E-state index is 15.8. The normalized spacial score (nSPS) is 24.1. The average Bonchev–Trinajstić information content (AvgIpc) is 3.48. The van der Waals surface area contributed by atoms with Gasteiger partial charge in [-0.3, -0.25) is 39.1 Å². The van der Waals surface area contributed by atoms with Gasteiger partial charge in [0.1, 0.15) is 35.5 Å². The van der Waals surface area contributed by atoms with E-state index in [9.17, 15) is 24.0 Å². The number of carbonyl (C=O) groups excluding carboxylic acids is 5. The highest BCUT2D eigenvalue weighted by molar-refractivity contribution is 6.31. The zero-order chi connectivity index (χ0) is 43.8. The number of hydrogen-bond acceptors (Lipinski definition) is 12. The second-order valence-corrected chi connectivity index (χ2v) is 17.4. The van der Waals surface area contributed by atoms with Crippen LogP contribution in [0.25, 0.3) is 0 Å². The van der Waals surface area contributed by atoms with Crippen molar-refractivity contribution in [2.45, 2.75) is 114 Å². The van der Waals surface area contributed by atoms with Crippen molar-refractivity contribution in [2.24, 2.45) is 5.92 Å². The van der Waals surface area contributed by atoms with Gasteiger partial charge in [-0.25, -0.2) is 18.7 Å². The second kappa shape index (κ2) is 17.9. The Labute approximate surface area is 362 Å². The highest BCUT2D eigenvalue weighted by atomic mass is 35.5. The molecule has 1 aromatic heterocycles. The molecule has 8 rings (SSSR count). The predicted molar refractivity (Wildman–Crippen MR) is 220 cm³/mol. The number of benzene rings is 2. The first-order valence-corrected chi connectivity index (χ1v) is 21.6. The molecule has 4 fully saturated rings. The summed E-state index contributed by atoms with van der Waals surface area (Å²) in [6.07, 6.45) is 8.33. The minimum absolute atomic E-state index is 0.00601. The van der Waals surface area contributed by atoms with Crippen molar-refractivity contribution in [1.82, 2.24) is 30.4 Å². The topological polar surface area (TPSA) is 187 Å². The lowest BCUT2D eigenvalue weighted by molar-refractivity contribution is -0.136. The molecule has 4 heterocycles. The molecule has 2 saturated heterocycles. The van der Waals surface area contributed by atoms with E-state index >= 15 is 8.78 Å². The van der Waals surface area contributed by atoms with Crippen molar-refractivity contribution >= 4 is 47.0 Å². The Balaban J connectivity index is 0.782. The van der Waals surface area contributed by atoms with Crippen LogP contribution in [-0.4, -0.2) is 105 Å². The number of aromatic nitrogens is 2. The standard InChI is InChI=1S/C44H47ClF2N8O7/c1-23(2)54(27-15-30(16-27)62-40-33(46)18-31-38(39(40)47)44(60)55(43(31)59)35-9-10-37(56)52-42(35)58)22-24-11-13-53(14-12-24)36-21-49-34(20-50-36)41(57)51-26-4-7-28(8-5-26)61-29-6-3-25(19-48)32(45)17-29/h3,6,17-18,20-21,23-24,26-28,30,35H,4-5,7-16,22H2,1-2H3,(H,51,57)(H,52,56,58)/t26-,27-,28-,30-,35?. The zero-order valence-electron chi connectivity index (χ0n) is 34.4. The quantitative estimate of drug-likeness (QED) is 0.223. The van der Waals surface area contributed by atoms with E-state index in [-0.39, 0.29) is 48.7 Å². The molecule has 18 heteroatoms. The smallest absolute Gasteiger partial charge is 0.271 e. The molecule has 3 aliphatic heterocycles. The average molecular weight is 873 g/mol. The number of nitrogens with zero attached hydrogens (tertiary/aromatic N) is 6. The molecule has 5 aliphatic rings. The van der Waals surface area contributed by atoms with E-state index in [1.165, 1.54) is 6.20 Å². The highest BCUT2D eigenvalue weighted by Crippen LogP contribution is 2.39. The number of ether oxygens (including phenoxy) is 2. The number of piperidine rings is 2. The number of halogens is 3. The Morgan fingerprint density at radius 2 is 1.73 bits per heavy atom. The fraction of sp³-hybridized carbons (Fsp3) is 0.500. The SMILES string of the molecule is CC(C)N(CC1CCN(c2cnc(C(=O)N[C@H]3CC[C@H](Oc4ccc(C#N)c(Cl)c4)CC3)cn2)CC1)[C@H]1C[C@H](Oc2c(F)cc3c(c2F)C(=O)N(C2CCC(=O)NC2=O)C3=O)C1. The fourth-order valence-corrected chi connectivity index (χ4v) is 9.39. The van der Waals surface area contributed by atoms with Gasteiger partial charge in [0.2, 0.25) is 11.8 Å². The zero-order valence-corrected chi connectivity index (χ0v) is 35.1. The van der Waals surface area contributed by atoms with Gasteiger partial charge in [0, 0.05) is 63.1 Å². The van der Waals surface area contributed by atoms with Gasteiger partial charge < -0.3 is 19.7 Å². The summed E-state index contributed by atoms with van der Waals surface area (Å²) in [5.41, 5.74) is -0.468. The molecule has 62 heavy (non-hydrogen) atoms. The molecule has 3 aromatic rings. The first kappa shape index (κ1) is 42.9. The van der Waals surface area contributed by atoms with Crippen LogP contribution in [0.4, 0.5) is 14.6 Å². The van der Waals surface area contributed by atoms with E-state index in [1.807, 2.05) is 6.07 Å². The number of nitriles is 1. The third-order valence-electron chi connectivity index (χ3n) is 12.7. The van der Waals surface area contributed by atoms with Gasteiger partial charge in [-0.1, -0.05) is 11.6 Å². The first-order valence-electron chi connectivity index (χ1n) is 21.2. The molecule has 0 radical (unpaired) electrons. The van der Waals surface area contributed by atoms with Crippen LogP contribution in [0.15, 0.2) is 36.7 Å². The van der Waals surface area contributed by atoms with Gasteiger partial charge in [0.25, 0.3) is 17.7 Å². The number of amides is 5. The summed E-state index contributed by atoms with van der Waals surface area (Å²) >= 11 is 6.14. The van der Waals surface area contributed by atoms with Crippen molar-refractivity contribution in [3.8, 4) is 17.6 Å². The molecule has 5 amide bonds. The van der Waals surface area contributed by atoms with Crippen LogP contribution in [0.1, 0.15) is 115 Å². The Bertz CT molecular complexity index is 2300. The molecule has 2 aliphatic carbocycles. The van der Waals surface area contributed by atoms with Crippen LogP contribution in [0.2, 0.25) is 5.02 Å². The van der Waals surface area contributed by atoms with Gasteiger partial charge in [-0.2, -0.15) is 5.26 Å². The van der Waals surface area contributed by atoms with Crippen molar-refractivity contribution in [3.63, 3.8) is 0 Å². The van der Waals surface area contributed by atoms with Crippen molar-refractivity contribution in [3.05, 3.63) is 75.7 Å². The number of imide groups is 2. The molecule has 326 valence electrons. The summed E-state index contributed by atoms with van der Waals surface area (Å²) in [6.45, 7) is 6.60. The lowest BCUT2D eigenvalue weighted by atomic mass is 9.85. The molecular weight excluding hydrogens is 826 g/mol. The lowest BCUT2D eigenvalue weighted by Crippen LogP contribution is -2.54. The predicted octanol–water partition coefficient (Wildman–Crippen LogP) is 5.34. The van der Waals surface area contributed by atoms with Crippen molar-refractivity contribution in [1.29, 1.82) is 5.26 Å². The maximum atomic E-state index is 15.8. The molecule has 2 saturated carbocycles. The number of hydrogen-bond donors (Lipinski definition) is 2. The summed E-state index contributed by atoms with van der Waals surface area (Å²) in [6, 6.07) is 6.87. The van der Waals surface area contributed by atoms with Gasteiger partial charge in [0.05, 0.1) is 40.2 Å². The van der Waals surface area contributed by atoms with Gasteiger partial charge in [0.15, 0.2) is 17.4 Å². The molecule has 0 spiro atoms. The maximum Gasteiger partial charge on any atom is 0.271 e. The van der Waals surface area contributed by atoms with Crippen LogP contribution in [0, 0.1) is 28.9 Å². The van der Waals surface area contributed by atoms with Gasteiger partial charge in [-0.15, -0.1) is 0 Å². The summed E-state index contributed by atoms with van der Waals surface area (Å²) < 4.78 is 42.9. The highest BCUT2D eigenvalue weighted by Gasteiger charge is 2.48. The molecule has 1 unspecified atom stereocenters. The number of fused-ring (bicyclic) bond motifs is 1. The summed E-state index contributed by atoms with van der Waals surface area (Å²) in [7, 11) is 0. The van der Waals surface area contributed by atoms with E-state index in [0.29, 0.717) is 45.8 Å². The van der Waals surface area contributed by atoms with E-state index in [2.05, 4.69) is 44.2 Å². The van der Waals surface area contributed by atoms with Crippen LogP contribution in [-0.2, 0) is 9.59 Å². The van der Waals surface area contributed by atoms with E-state index in [1.54, 1.807) is 24.4 Å². The van der Waals surface area contributed by atoms with Crippen LogP contribution in [0.5, 0.6) is 11.5 Å². The Hall–Kier alpha value is -5.73. The van der Waals surface area contributed by atoms with Gasteiger partial charge in [-0.05, 0) is 82.9 Å². The largest absolute Gasteiger partial charge is 0.490 e. The van der Waals surface area contributed by atoms with Crippen LogP contribution < -0.4 is 25.0 Å². The van der Waals surface area contributed by atoms with Crippen LogP contribution in [0.3, 0.4) is 0 Å². The number of carbonyl (C=O) groups is 5. The third-order valence-corrected chi connectivity index (χ3v) is 13.0. The second-order valence-electron chi connectivity index (χ2n) is 17.0. The summed E-state index contributed by atoms with van der Waals surface area (Å²) in [5.74, 6) is -5.10. The molecule has 2 N–H and O–H groups in total. The molecular formula is C44H47ClF2N8O7. The van der Waals surface area contributed by atoms with Crippen molar-refractivity contribution < 1.29 is 42.2 Å². The summed E-state index contributed by atoms with van der Waals surface area (Å²) in [5, 5.41) is 14.6. The first-order chi connectivity index (χ1) is 29.8. The Morgan fingerprint density at radius 1 is 0.984 bits per heavy atom.